The third-order valence-electron chi connectivity index (χ3n) is 3.10. The van der Waals surface area contributed by atoms with Crippen LogP contribution in [0.2, 0.25) is 0 Å². The Kier molecular flexibility index (Phi) is 3.29. The largest absolute Gasteiger partial charge is 0.467 e. The summed E-state index contributed by atoms with van der Waals surface area (Å²) in [5.41, 5.74) is -0.438. The number of furan rings is 1. The molecule has 1 aromatic rings. The molecule has 1 aromatic heterocycles. The number of aliphatic hydroxyl groups excluding tert-OH is 1. The first-order valence-electron chi connectivity index (χ1n) is 5.57. The van der Waals surface area contributed by atoms with E-state index in [0.29, 0.717) is 18.7 Å². The van der Waals surface area contributed by atoms with Crippen molar-refractivity contribution in [2.45, 2.75) is 25.0 Å². The smallest absolute Gasteiger partial charge is 0.152 e. The average molecular weight is 259 g/mol. The lowest BCUT2D eigenvalue weighted by molar-refractivity contribution is 0.137. The highest BCUT2D eigenvalue weighted by atomic mass is 32.2. The van der Waals surface area contributed by atoms with Crippen molar-refractivity contribution in [1.82, 2.24) is 5.32 Å². The molecule has 5 nitrogen and oxygen atoms in total. The van der Waals surface area contributed by atoms with Crippen LogP contribution < -0.4 is 5.32 Å². The Morgan fingerprint density at radius 2 is 2.41 bits per heavy atom. The van der Waals surface area contributed by atoms with Gasteiger partial charge in [-0.05, 0) is 25.5 Å². The molecule has 2 unspecified atom stereocenters. The molecule has 1 fully saturated rings. The molecule has 17 heavy (non-hydrogen) atoms. The topological polar surface area (TPSA) is 79.5 Å². The lowest BCUT2D eigenvalue weighted by Crippen LogP contribution is -2.45. The maximum atomic E-state index is 11.4. The molecule has 1 aliphatic rings. The van der Waals surface area contributed by atoms with Gasteiger partial charge in [-0.2, -0.15) is 0 Å². The standard InChI is InChI=1S/C11H17NO4S/c1-11(4-6-17(14,15)8-11)12-7-9(13)10-3-2-5-16-10/h2-3,5,9,12-13H,4,6-8H2,1H3. The quantitative estimate of drug-likeness (QED) is 0.822. The maximum Gasteiger partial charge on any atom is 0.152 e. The first kappa shape index (κ1) is 12.6. The number of rotatable bonds is 4. The molecule has 0 amide bonds. The summed E-state index contributed by atoms with van der Waals surface area (Å²) in [6.07, 6.45) is 1.34. The lowest BCUT2D eigenvalue weighted by Gasteiger charge is -2.25. The third kappa shape index (κ3) is 3.08. The van der Waals surface area contributed by atoms with Crippen LogP contribution in [-0.4, -0.2) is 37.1 Å². The molecule has 96 valence electrons. The van der Waals surface area contributed by atoms with Crippen molar-refractivity contribution < 1.29 is 17.9 Å². The van der Waals surface area contributed by atoms with Gasteiger partial charge < -0.3 is 14.8 Å². The van der Waals surface area contributed by atoms with Gasteiger partial charge in [0.05, 0.1) is 17.8 Å². The Balaban J connectivity index is 1.91. The minimum absolute atomic E-state index is 0.130. The van der Waals surface area contributed by atoms with Crippen LogP contribution in [0.1, 0.15) is 25.2 Å². The van der Waals surface area contributed by atoms with Crippen LogP contribution >= 0.6 is 0 Å². The Hall–Kier alpha value is -0.850. The fourth-order valence-electron chi connectivity index (χ4n) is 2.07. The van der Waals surface area contributed by atoms with Crippen LogP contribution in [-0.2, 0) is 9.84 Å². The van der Waals surface area contributed by atoms with E-state index in [9.17, 15) is 13.5 Å². The molecule has 2 N–H and O–H groups in total. The summed E-state index contributed by atoms with van der Waals surface area (Å²) in [4.78, 5) is 0. The molecule has 0 aliphatic carbocycles. The van der Waals surface area contributed by atoms with Gasteiger partial charge in [-0.25, -0.2) is 8.42 Å². The minimum Gasteiger partial charge on any atom is -0.467 e. The van der Waals surface area contributed by atoms with Gasteiger partial charge in [-0.1, -0.05) is 0 Å². The number of hydrogen-bond donors (Lipinski definition) is 2. The molecule has 2 rings (SSSR count). The monoisotopic (exact) mass is 259 g/mol. The van der Waals surface area contributed by atoms with Gasteiger partial charge >= 0.3 is 0 Å². The van der Waals surface area contributed by atoms with E-state index < -0.39 is 21.5 Å². The third-order valence-corrected chi connectivity index (χ3v) is 5.00. The van der Waals surface area contributed by atoms with Gasteiger partial charge in [0.25, 0.3) is 0 Å². The second-order valence-corrected chi connectivity index (χ2v) is 7.00. The van der Waals surface area contributed by atoms with E-state index in [1.165, 1.54) is 6.26 Å². The SMILES string of the molecule is CC1(NCC(O)c2ccco2)CCS(=O)(=O)C1. The van der Waals surface area contributed by atoms with Gasteiger partial charge in [-0.3, -0.25) is 0 Å². The zero-order chi connectivity index (χ0) is 12.5. The number of nitrogens with one attached hydrogen (secondary N) is 1. The van der Waals surface area contributed by atoms with Crippen molar-refractivity contribution in [3.05, 3.63) is 24.2 Å². The fraction of sp³-hybridized carbons (Fsp3) is 0.636. The second kappa shape index (κ2) is 4.44. The van der Waals surface area contributed by atoms with E-state index >= 15 is 0 Å². The fourth-order valence-corrected chi connectivity index (χ4v) is 4.20. The number of aliphatic hydroxyl groups is 1. The molecule has 0 radical (unpaired) electrons. The van der Waals surface area contributed by atoms with Crippen LogP contribution in [0.25, 0.3) is 0 Å². The molecule has 0 saturated carbocycles. The van der Waals surface area contributed by atoms with Crippen molar-refractivity contribution in [2.24, 2.45) is 0 Å². The van der Waals surface area contributed by atoms with Crippen LogP contribution in [0, 0.1) is 0 Å². The molecule has 0 spiro atoms. The van der Waals surface area contributed by atoms with Gasteiger partial charge in [0, 0.05) is 12.1 Å². The number of hydrogen-bond acceptors (Lipinski definition) is 5. The lowest BCUT2D eigenvalue weighted by atomic mass is 10.0. The molecule has 6 heteroatoms. The highest BCUT2D eigenvalue weighted by Crippen LogP contribution is 2.23. The molecular formula is C11H17NO4S. The van der Waals surface area contributed by atoms with Crippen LogP contribution in [0.5, 0.6) is 0 Å². The summed E-state index contributed by atoms with van der Waals surface area (Å²) >= 11 is 0. The Bertz CT molecular complexity index is 468. The second-order valence-electron chi connectivity index (χ2n) is 4.81. The van der Waals surface area contributed by atoms with E-state index in [0.717, 1.165) is 0 Å². The predicted octanol–water partition coefficient (Wildman–Crippen LogP) is 0.480. The molecule has 1 aliphatic heterocycles. The van der Waals surface area contributed by atoms with Crippen LogP contribution in [0.4, 0.5) is 0 Å². The van der Waals surface area contributed by atoms with Crippen molar-refractivity contribution in [3.8, 4) is 0 Å². The Labute approximate surface area is 101 Å². The molecule has 0 aromatic carbocycles. The minimum atomic E-state index is -2.92. The Morgan fingerprint density at radius 1 is 1.65 bits per heavy atom. The molecule has 2 atom stereocenters. The summed E-state index contributed by atoms with van der Waals surface area (Å²) in [5.74, 6) is 0.833. The summed E-state index contributed by atoms with van der Waals surface area (Å²) in [7, 11) is -2.92. The van der Waals surface area contributed by atoms with Crippen molar-refractivity contribution in [2.75, 3.05) is 18.1 Å². The molecule has 0 bridgehead atoms. The molecular weight excluding hydrogens is 242 g/mol. The van der Waals surface area contributed by atoms with Crippen LogP contribution in [0.3, 0.4) is 0 Å². The molecule has 1 saturated heterocycles. The highest BCUT2D eigenvalue weighted by molar-refractivity contribution is 7.91. The van der Waals surface area contributed by atoms with E-state index in [4.69, 9.17) is 4.42 Å². The van der Waals surface area contributed by atoms with Gasteiger partial charge in [0.2, 0.25) is 0 Å². The van der Waals surface area contributed by atoms with Gasteiger partial charge in [0.15, 0.2) is 9.84 Å². The summed E-state index contributed by atoms with van der Waals surface area (Å²) in [6.45, 7) is 2.16. The summed E-state index contributed by atoms with van der Waals surface area (Å²) in [6, 6.07) is 3.40. The number of sulfone groups is 1. The van der Waals surface area contributed by atoms with Crippen molar-refractivity contribution in [3.63, 3.8) is 0 Å². The molecule has 2 heterocycles. The van der Waals surface area contributed by atoms with Gasteiger partial charge in [-0.15, -0.1) is 0 Å². The first-order valence-corrected chi connectivity index (χ1v) is 7.39. The van der Waals surface area contributed by atoms with Crippen molar-refractivity contribution >= 4 is 9.84 Å². The van der Waals surface area contributed by atoms with Crippen molar-refractivity contribution in [1.29, 1.82) is 0 Å². The average Bonchev–Trinajstić information content (AvgIpc) is 2.84. The predicted molar refractivity (Wildman–Crippen MR) is 63.3 cm³/mol. The highest BCUT2D eigenvalue weighted by Gasteiger charge is 2.38. The van der Waals surface area contributed by atoms with E-state index in [2.05, 4.69) is 5.32 Å². The van der Waals surface area contributed by atoms with Crippen LogP contribution in [0.15, 0.2) is 22.8 Å². The zero-order valence-corrected chi connectivity index (χ0v) is 10.5. The van der Waals surface area contributed by atoms with Gasteiger partial charge in [0.1, 0.15) is 11.9 Å². The summed E-state index contributed by atoms with van der Waals surface area (Å²) in [5, 5.41) is 12.9. The Morgan fingerprint density at radius 3 is 2.94 bits per heavy atom. The van der Waals surface area contributed by atoms with E-state index in [1.807, 2.05) is 6.92 Å². The number of β-amino-alcohol motifs (C(OH)–C–C–N with tert-alkyl or cyclic N) is 1. The van der Waals surface area contributed by atoms with E-state index in [-0.39, 0.29) is 11.5 Å². The first-order chi connectivity index (χ1) is 7.90. The zero-order valence-electron chi connectivity index (χ0n) is 9.72. The van der Waals surface area contributed by atoms with E-state index in [1.54, 1.807) is 12.1 Å². The summed E-state index contributed by atoms with van der Waals surface area (Å²) < 4.78 is 27.9. The normalized spacial score (nSPS) is 29.3. The maximum absolute atomic E-state index is 11.4.